The fourth-order valence-electron chi connectivity index (χ4n) is 1.89. The molecule has 0 radical (unpaired) electrons. The fraction of sp³-hybridized carbons (Fsp3) is 0.375. The molecule has 0 aliphatic heterocycles. The summed E-state index contributed by atoms with van der Waals surface area (Å²) in [5, 5.41) is 0.0501. The van der Waals surface area contributed by atoms with Crippen molar-refractivity contribution >= 4 is 33.3 Å². The molecule has 1 aromatic rings. The van der Waals surface area contributed by atoms with Crippen LogP contribution in [0.3, 0.4) is 0 Å². The summed E-state index contributed by atoms with van der Waals surface area (Å²) in [5.41, 5.74) is 0.704. The summed E-state index contributed by atoms with van der Waals surface area (Å²) < 4.78 is 28.1. The third-order valence-corrected chi connectivity index (χ3v) is 4.55. The Kier molecular flexibility index (Phi) is 6.98. The lowest BCUT2D eigenvalue weighted by Crippen LogP contribution is -2.35. The molecule has 0 heterocycles. The van der Waals surface area contributed by atoms with E-state index in [1.165, 1.54) is 17.0 Å². The molecule has 0 bridgehead atoms. The minimum atomic E-state index is -3.49. The van der Waals surface area contributed by atoms with Crippen LogP contribution in [-0.2, 0) is 19.4 Å². The number of carbonyl (C=O) groups is 2. The third kappa shape index (κ3) is 5.65. The van der Waals surface area contributed by atoms with Crippen molar-refractivity contribution in [1.82, 2.24) is 4.90 Å². The number of amides is 1. The molecule has 1 rings (SSSR count). The summed E-state index contributed by atoms with van der Waals surface area (Å²) in [7, 11) is -3.49. The number of carbonyl (C=O) groups excluding carboxylic acids is 2. The molecule has 0 aliphatic carbocycles. The number of esters is 1. The maximum atomic E-state index is 12.1. The Morgan fingerprint density at radius 2 is 1.96 bits per heavy atom. The predicted molar refractivity (Wildman–Crippen MR) is 91.9 cm³/mol. The van der Waals surface area contributed by atoms with Crippen LogP contribution in [0.15, 0.2) is 35.2 Å². The molecule has 0 aromatic heterocycles. The van der Waals surface area contributed by atoms with Gasteiger partial charge in [0.2, 0.25) is 0 Å². The van der Waals surface area contributed by atoms with Crippen molar-refractivity contribution in [2.75, 3.05) is 26.0 Å². The lowest BCUT2D eigenvalue weighted by atomic mass is 10.2. The SMILES string of the molecule is C=C(C)CN(CC)C(=O)COC(=O)c1cc(S(C)(=O)=O)ccc1Cl. The molecule has 1 amide bonds. The number of sulfone groups is 1. The number of halogens is 1. The van der Waals surface area contributed by atoms with Gasteiger partial charge in [-0.25, -0.2) is 13.2 Å². The molecule has 0 N–H and O–H groups in total. The molecular formula is C16H20ClNO5S. The summed E-state index contributed by atoms with van der Waals surface area (Å²) in [5.74, 6) is -1.23. The van der Waals surface area contributed by atoms with Gasteiger partial charge in [0, 0.05) is 19.3 Å². The van der Waals surface area contributed by atoms with Crippen LogP contribution in [0.2, 0.25) is 5.02 Å². The van der Waals surface area contributed by atoms with Gasteiger partial charge in [-0.1, -0.05) is 23.8 Å². The Hall–Kier alpha value is -1.86. The quantitative estimate of drug-likeness (QED) is 0.541. The first-order chi connectivity index (χ1) is 11.1. The lowest BCUT2D eigenvalue weighted by molar-refractivity contribution is -0.133. The number of rotatable bonds is 7. The van der Waals surface area contributed by atoms with Crippen LogP contribution < -0.4 is 0 Å². The van der Waals surface area contributed by atoms with Crippen molar-refractivity contribution in [3.8, 4) is 0 Å². The van der Waals surface area contributed by atoms with Crippen LogP contribution in [0, 0.1) is 0 Å². The zero-order chi connectivity index (χ0) is 18.5. The van der Waals surface area contributed by atoms with Crippen molar-refractivity contribution in [2.45, 2.75) is 18.7 Å². The molecule has 0 atom stereocenters. The molecule has 24 heavy (non-hydrogen) atoms. The Bertz CT molecular complexity index is 758. The van der Waals surface area contributed by atoms with Gasteiger partial charge in [-0.2, -0.15) is 0 Å². The second-order valence-electron chi connectivity index (χ2n) is 5.35. The average Bonchev–Trinajstić information content (AvgIpc) is 2.48. The molecule has 0 aliphatic rings. The second-order valence-corrected chi connectivity index (χ2v) is 7.78. The summed E-state index contributed by atoms with van der Waals surface area (Å²) in [6, 6.07) is 3.73. The van der Waals surface area contributed by atoms with E-state index in [1.807, 2.05) is 0 Å². The number of hydrogen-bond acceptors (Lipinski definition) is 5. The van der Waals surface area contributed by atoms with Crippen molar-refractivity contribution in [1.29, 1.82) is 0 Å². The molecule has 0 unspecified atom stereocenters. The maximum absolute atomic E-state index is 12.1. The highest BCUT2D eigenvalue weighted by Crippen LogP contribution is 2.21. The summed E-state index contributed by atoms with van der Waals surface area (Å²) in [4.78, 5) is 25.6. The average molecular weight is 374 g/mol. The third-order valence-electron chi connectivity index (χ3n) is 3.11. The monoisotopic (exact) mass is 373 g/mol. The van der Waals surface area contributed by atoms with Crippen LogP contribution in [-0.4, -0.2) is 51.1 Å². The highest BCUT2D eigenvalue weighted by Gasteiger charge is 2.19. The molecule has 0 saturated carbocycles. The van der Waals surface area contributed by atoms with Gasteiger partial charge in [0.05, 0.1) is 15.5 Å². The van der Waals surface area contributed by atoms with Crippen molar-refractivity contribution in [3.05, 3.63) is 40.9 Å². The normalized spacial score (nSPS) is 11.0. The highest BCUT2D eigenvalue weighted by molar-refractivity contribution is 7.90. The number of nitrogens with zero attached hydrogens (tertiary/aromatic N) is 1. The molecule has 0 spiro atoms. The van der Waals surface area contributed by atoms with E-state index >= 15 is 0 Å². The van der Waals surface area contributed by atoms with Gasteiger partial charge >= 0.3 is 5.97 Å². The van der Waals surface area contributed by atoms with Crippen LogP contribution >= 0.6 is 11.6 Å². The van der Waals surface area contributed by atoms with E-state index in [1.54, 1.807) is 13.8 Å². The minimum Gasteiger partial charge on any atom is -0.452 e. The number of likely N-dealkylation sites (N-methyl/N-ethyl adjacent to an activating group) is 1. The minimum absolute atomic E-state index is 0.0501. The molecule has 0 fully saturated rings. The van der Waals surface area contributed by atoms with Gasteiger partial charge in [0.15, 0.2) is 16.4 Å². The Morgan fingerprint density at radius 3 is 2.46 bits per heavy atom. The first-order valence-electron chi connectivity index (χ1n) is 7.15. The van der Waals surface area contributed by atoms with E-state index in [2.05, 4.69) is 6.58 Å². The van der Waals surface area contributed by atoms with E-state index in [9.17, 15) is 18.0 Å². The Labute approximate surface area is 147 Å². The van der Waals surface area contributed by atoms with Crippen molar-refractivity contribution < 1.29 is 22.7 Å². The smallest absolute Gasteiger partial charge is 0.340 e. The molecule has 1 aromatic carbocycles. The largest absolute Gasteiger partial charge is 0.452 e. The molecule has 8 heteroatoms. The molecular weight excluding hydrogens is 354 g/mol. The Balaban J connectivity index is 2.85. The van der Waals surface area contributed by atoms with E-state index < -0.39 is 22.4 Å². The fourth-order valence-corrected chi connectivity index (χ4v) is 2.73. The summed E-state index contributed by atoms with van der Waals surface area (Å²) >= 11 is 5.91. The van der Waals surface area contributed by atoms with Gasteiger partial charge < -0.3 is 9.64 Å². The van der Waals surface area contributed by atoms with E-state index in [0.29, 0.717) is 13.1 Å². The van der Waals surface area contributed by atoms with Crippen molar-refractivity contribution in [3.63, 3.8) is 0 Å². The van der Waals surface area contributed by atoms with Gasteiger partial charge in [-0.05, 0) is 32.0 Å². The van der Waals surface area contributed by atoms with Gasteiger partial charge in [-0.3, -0.25) is 4.79 Å². The molecule has 6 nitrogen and oxygen atoms in total. The van der Waals surface area contributed by atoms with E-state index in [4.69, 9.17) is 16.3 Å². The second kappa shape index (κ2) is 8.30. The lowest BCUT2D eigenvalue weighted by Gasteiger charge is -2.20. The first kappa shape index (κ1) is 20.2. The Morgan fingerprint density at radius 1 is 1.33 bits per heavy atom. The molecule has 132 valence electrons. The standard InChI is InChI=1S/C16H20ClNO5S/c1-5-18(9-11(2)3)15(19)10-23-16(20)13-8-12(24(4,21)22)6-7-14(13)17/h6-8H,2,5,9-10H2,1,3-4H3. The van der Waals surface area contributed by atoms with Crippen LogP contribution in [0.5, 0.6) is 0 Å². The van der Waals surface area contributed by atoms with Crippen LogP contribution in [0.1, 0.15) is 24.2 Å². The van der Waals surface area contributed by atoms with Crippen LogP contribution in [0.4, 0.5) is 0 Å². The maximum Gasteiger partial charge on any atom is 0.340 e. The number of benzene rings is 1. The summed E-state index contributed by atoms with van der Waals surface area (Å²) in [6.45, 7) is 7.69. The van der Waals surface area contributed by atoms with Crippen LogP contribution in [0.25, 0.3) is 0 Å². The van der Waals surface area contributed by atoms with E-state index in [-0.39, 0.29) is 21.4 Å². The van der Waals surface area contributed by atoms with Gasteiger partial charge in [0.25, 0.3) is 5.91 Å². The highest BCUT2D eigenvalue weighted by atomic mass is 35.5. The number of ether oxygens (including phenoxy) is 1. The number of hydrogen-bond donors (Lipinski definition) is 0. The zero-order valence-corrected chi connectivity index (χ0v) is 15.4. The first-order valence-corrected chi connectivity index (χ1v) is 9.42. The van der Waals surface area contributed by atoms with Gasteiger partial charge in [-0.15, -0.1) is 0 Å². The topological polar surface area (TPSA) is 80.8 Å². The predicted octanol–water partition coefficient (Wildman–Crippen LogP) is 2.32. The molecule has 0 saturated heterocycles. The van der Waals surface area contributed by atoms with Crippen molar-refractivity contribution in [2.24, 2.45) is 0 Å². The zero-order valence-electron chi connectivity index (χ0n) is 13.8. The van der Waals surface area contributed by atoms with Gasteiger partial charge in [0.1, 0.15) is 0 Å². The van der Waals surface area contributed by atoms with E-state index in [0.717, 1.165) is 17.9 Å². The summed E-state index contributed by atoms with van der Waals surface area (Å²) in [6.07, 6.45) is 1.02.